The number of esters is 1. The first-order valence-corrected chi connectivity index (χ1v) is 9.27. The number of halogens is 2. The molecule has 2 aromatic carbocycles. The lowest BCUT2D eigenvalue weighted by molar-refractivity contribution is -0.145. The van der Waals surface area contributed by atoms with Crippen molar-refractivity contribution >= 4 is 39.2 Å². The third kappa shape index (κ3) is 4.70. The van der Waals surface area contributed by atoms with E-state index in [9.17, 15) is 13.2 Å². The van der Waals surface area contributed by atoms with E-state index in [1.54, 1.807) is 37.3 Å². The largest absolute Gasteiger partial charge is 0.465 e. The van der Waals surface area contributed by atoms with Gasteiger partial charge >= 0.3 is 5.97 Å². The maximum atomic E-state index is 12.6. The van der Waals surface area contributed by atoms with Crippen LogP contribution in [0, 0.1) is 0 Å². The molecule has 0 fully saturated rings. The summed E-state index contributed by atoms with van der Waals surface area (Å²) in [5.41, 5.74) is 0.465. The zero-order valence-corrected chi connectivity index (χ0v) is 15.0. The normalized spacial score (nSPS) is 12.6. The lowest BCUT2D eigenvalue weighted by Gasteiger charge is -2.18. The van der Waals surface area contributed by atoms with E-state index >= 15 is 0 Å². The summed E-state index contributed by atoms with van der Waals surface area (Å²) in [6.45, 7) is 1.78. The molecule has 8 heteroatoms. The van der Waals surface area contributed by atoms with E-state index in [-0.39, 0.29) is 21.5 Å². The van der Waals surface area contributed by atoms with Crippen LogP contribution in [0.25, 0.3) is 0 Å². The molecule has 0 heterocycles. The van der Waals surface area contributed by atoms with E-state index < -0.39 is 22.0 Å². The minimum atomic E-state index is -4.04. The van der Waals surface area contributed by atoms with Crippen molar-refractivity contribution in [3.05, 3.63) is 64.1 Å². The van der Waals surface area contributed by atoms with Crippen LogP contribution in [0.3, 0.4) is 0 Å². The van der Waals surface area contributed by atoms with Crippen molar-refractivity contribution in [1.82, 2.24) is 4.72 Å². The predicted octanol–water partition coefficient (Wildman–Crippen LogP) is 3.58. The fourth-order valence-electron chi connectivity index (χ4n) is 2.03. The van der Waals surface area contributed by atoms with Crippen LogP contribution in [0.4, 0.5) is 0 Å². The third-order valence-electron chi connectivity index (χ3n) is 3.07. The Labute approximate surface area is 150 Å². The Balaban J connectivity index is 2.39. The van der Waals surface area contributed by atoms with Gasteiger partial charge in [-0.1, -0.05) is 53.5 Å². The van der Waals surface area contributed by atoms with Crippen LogP contribution in [0.15, 0.2) is 53.4 Å². The Kier molecular flexibility index (Phi) is 6.23. The average Bonchev–Trinajstić information content (AvgIpc) is 2.53. The number of hydrogen-bond donors (Lipinski definition) is 1. The summed E-state index contributed by atoms with van der Waals surface area (Å²) in [6, 6.07) is 11.2. The summed E-state index contributed by atoms with van der Waals surface area (Å²) in [7, 11) is -4.04. The van der Waals surface area contributed by atoms with Crippen LogP contribution in [0.5, 0.6) is 0 Å². The predicted molar refractivity (Wildman–Crippen MR) is 92.6 cm³/mol. The molecular weight excluding hydrogens is 373 g/mol. The Morgan fingerprint density at radius 3 is 2.25 bits per heavy atom. The van der Waals surface area contributed by atoms with E-state index in [1.807, 2.05) is 0 Å². The average molecular weight is 388 g/mol. The number of rotatable bonds is 6. The molecule has 128 valence electrons. The first-order valence-electron chi connectivity index (χ1n) is 7.03. The standard InChI is InChI=1S/C16H15Cl2NO4S/c1-2-23-16(20)15(11-6-4-3-5-7-11)19-24(21,22)14-9-12(17)8-13(18)10-14/h3-10,15,19H,2H2,1H3. The number of hydrogen-bond acceptors (Lipinski definition) is 4. The molecule has 0 aliphatic rings. The summed E-state index contributed by atoms with van der Waals surface area (Å²) in [5.74, 6) is -0.694. The number of carbonyl (C=O) groups excluding carboxylic acids is 1. The second-order valence-electron chi connectivity index (χ2n) is 4.82. The highest BCUT2D eigenvalue weighted by molar-refractivity contribution is 7.89. The highest BCUT2D eigenvalue weighted by atomic mass is 35.5. The van der Waals surface area contributed by atoms with Gasteiger partial charge in [0.15, 0.2) is 0 Å². The van der Waals surface area contributed by atoms with Crippen LogP contribution < -0.4 is 4.72 Å². The van der Waals surface area contributed by atoms with Gasteiger partial charge in [-0.2, -0.15) is 4.72 Å². The first-order chi connectivity index (χ1) is 11.3. The van der Waals surface area contributed by atoms with Crippen LogP contribution in [0.1, 0.15) is 18.5 Å². The van der Waals surface area contributed by atoms with Crippen molar-refractivity contribution in [2.75, 3.05) is 6.61 Å². The molecule has 2 aromatic rings. The second-order valence-corrected chi connectivity index (χ2v) is 7.41. The molecule has 0 spiro atoms. The SMILES string of the molecule is CCOC(=O)C(NS(=O)(=O)c1cc(Cl)cc(Cl)c1)c1ccccc1. The Hall–Kier alpha value is -1.60. The molecule has 5 nitrogen and oxygen atoms in total. The summed E-state index contributed by atoms with van der Waals surface area (Å²) >= 11 is 11.7. The van der Waals surface area contributed by atoms with Crippen LogP contribution in [0.2, 0.25) is 10.0 Å². The number of ether oxygens (including phenoxy) is 1. The third-order valence-corrected chi connectivity index (χ3v) is 4.91. The van der Waals surface area contributed by atoms with E-state index in [2.05, 4.69) is 4.72 Å². The van der Waals surface area contributed by atoms with Gasteiger partial charge in [0.05, 0.1) is 11.5 Å². The maximum absolute atomic E-state index is 12.6. The number of benzene rings is 2. The zero-order chi connectivity index (χ0) is 17.7. The Morgan fingerprint density at radius 2 is 1.71 bits per heavy atom. The van der Waals surface area contributed by atoms with Gasteiger partial charge in [0.1, 0.15) is 6.04 Å². The lowest BCUT2D eigenvalue weighted by Crippen LogP contribution is -2.35. The quantitative estimate of drug-likeness (QED) is 0.768. The van der Waals surface area contributed by atoms with Gasteiger partial charge in [0.25, 0.3) is 0 Å². The van der Waals surface area contributed by atoms with Gasteiger partial charge in [-0.15, -0.1) is 0 Å². The summed E-state index contributed by atoms with van der Waals surface area (Å²) in [4.78, 5) is 12.1. The van der Waals surface area contributed by atoms with E-state index in [4.69, 9.17) is 27.9 Å². The van der Waals surface area contributed by atoms with Gasteiger partial charge in [0.2, 0.25) is 10.0 Å². The van der Waals surface area contributed by atoms with Crippen molar-refractivity contribution in [3.8, 4) is 0 Å². The van der Waals surface area contributed by atoms with E-state index in [0.717, 1.165) is 0 Å². The first kappa shape index (κ1) is 18.7. The zero-order valence-electron chi connectivity index (χ0n) is 12.7. The summed E-state index contributed by atoms with van der Waals surface area (Å²) < 4.78 is 32.5. The van der Waals surface area contributed by atoms with Crippen molar-refractivity contribution in [2.45, 2.75) is 17.9 Å². The molecular formula is C16H15Cl2NO4S. The summed E-state index contributed by atoms with van der Waals surface area (Å²) in [6.07, 6.45) is 0. The molecule has 0 radical (unpaired) electrons. The van der Waals surface area contributed by atoms with Gasteiger partial charge in [-0.3, -0.25) is 0 Å². The Bertz CT molecular complexity index is 805. The molecule has 1 atom stereocenters. The molecule has 0 amide bonds. The molecule has 0 saturated heterocycles. The van der Waals surface area contributed by atoms with Gasteiger partial charge < -0.3 is 4.74 Å². The lowest BCUT2D eigenvalue weighted by atomic mass is 10.1. The molecule has 2 rings (SSSR count). The molecule has 24 heavy (non-hydrogen) atoms. The molecule has 0 bridgehead atoms. The minimum absolute atomic E-state index is 0.132. The van der Waals surface area contributed by atoms with Crippen LogP contribution in [-0.4, -0.2) is 21.0 Å². The van der Waals surface area contributed by atoms with Crippen molar-refractivity contribution in [3.63, 3.8) is 0 Å². The number of sulfonamides is 1. The molecule has 1 N–H and O–H groups in total. The van der Waals surface area contributed by atoms with E-state index in [1.165, 1.54) is 18.2 Å². The number of nitrogens with one attached hydrogen (secondary N) is 1. The van der Waals surface area contributed by atoms with Gasteiger partial charge in [0, 0.05) is 10.0 Å². The highest BCUT2D eigenvalue weighted by Crippen LogP contribution is 2.24. The molecule has 0 saturated carbocycles. The molecule has 1 unspecified atom stereocenters. The summed E-state index contributed by atoms with van der Waals surface area (Å²) in [5, 5.41) is 0.352. The molecule has 0 aromatic heterocycles. The van der Waals surface area contributed by atoms with Crippen LogP contribution >= 0.6 is 23.2 Å². The van der Waals surface area contributed by atoms with Crippen LogP contribution in [-0.2, 0) is 19.6 Å². The van der Waals surface area contributed by atoms with Gasteiger partial charge in [-0.05, 0) is 30.7 Å². The maximum Gasteiger partial charge on any atom is 0.328 e. The smallest absolute Gasteiger partial charge is 0.328 e. The van der Waals surface area contributed by atoms with Crippen molar-refractivity contribution < 1.29 is 17.9 Å². The van der Waals surface area contributed by atoms with Crippen molar-refractivity contribution in [2.24, 2.45) is 0 Å². The highest BCUT2D eigenvalue weighted by Gasteiger charge is 2.28. The van der Waals surface area contributed by atoms with E-state index in [0.29, 0.717) is 5.56 Å². The molecule has 0 aliphatic heterocycles. The number of carbonyl (C=O) groups is 1. The second kappa shape index (κ2) is 7.98. The van der Waals surface area contributed by atoms with Gasteiger partial charge in [-0.25, -0.2) is 13.2 Å². The molecule has 0 aliphatic carbocycles. The monoisotopic (exact) mass is 387 g/mol. The Morgan fingerprint density at radius 1 is 1.12 bits per heavy atom. The fraction of sp³-hybridized carbons (Fsp3) is 0.188. The minimum Gasteiger partial charge on any atom is -0.465 e. The van der Waals surface area contributed by atoms with Crippen molar-refractivity contribution in [1.29, 1.82) is 0 Å². The fourth-order valence-corrected chi connectivity index (χ4v) is 3.93. The topological polar surface area (TPSA) is 72.5 Å².